The van der Waals surface area contributed by atoms with Crippen molar-refractivity contribution in [1.29, 1.82) is 0 Å². The minimum atomic E-state index is -0.260. The zero-order valence-electron chi connectivity index (χ0n) is 12.5. The molecule has 4 aromatic heterocycles. The van der Waals surface area contributed by atoms with Gasteiger partial charge in [0, 0.05) is 27.0 Å². The Morgan fingerprint density at radius 2 is 2.12 bits per heavy atom. The molecule has 0 aliphatic carbocycles. The van der Waals surface area contributed by atoms with Crippen LogP contribution in [0.5, 0.6) is 0 Å². The zero-order chi connectivity index (χ0) is 17.1. The maximum Gasteiger partial charge on any atom is 0.276 e. The van der Waals surface area contributed by atoms with Crippen LogP contribution in [0.25, 0.3) is 10.6 Å². The van der Waals surface area contributed by atoms with Crippen LogP contribution in [0.1, 0.15) is 15.4 Å². The number of rotatable bonds is 6. The van der Waals surface area contributed by atoms with Crippen molar-refractivity contribution in [3.63, 3.8) is 0 Å². The number of nitrogens with one attached hydrogen (secondary N) is 1. The van der Waals surface area contributed by atoms with Gasteiger partial charge in [0.1, 0.15) is 10.7 Å². The van der Waals surface area contributed by atoms with Crippen LogP contribution in [-0.4, -0.2) is 21.1 Å². The number of carbonyl (C=O) groups excluding carboxylic acids is 1. The maximum absolute atomic E-state index is 12.3. The second-order valence-electron chi connectivity index (χ2n) is 4.75. The number of thiophene rings is 2. The van der Waals surface area contributed by atoms with Crippen molar-refractivity contribution in [2.75, 3.05) is 5.32 Å². The zero-order valence-corrected chi connectivity index (χ0v) is 16.6. The highest BCUT2D eigenvalue weighted by molar-refractivity contribution is 8.00. The van der Waals surface area contributed by atoms with E-state index in [4.69, 9.17) is 0 Å². The lowest BCUT2D eigenvalue weighted by Gasteiger charge is -1.96. The number of carbonyl (C=O) groups is 1. The minimum absolute atomic E-state index is 0.260. The molecule has 126 valence electrons. The molecule has 4 aromatic rings. The lowest BCUT2D eigenvalue weighted by atomic mass is 10.3. The topological polar surface area (TPSA) is 67.8 Å². The lowest BCUT2D eigenvalue weighted by molar-refractivity contribution is 0.102. The number of amides is 1. The third-order valence-electron chi connectivity index (χ3n) is 3.05. The number of hydrogen-bond acceptors (Lipinski definition) is 9. The van der Waals surface area contributed by atoms with Crippen LogP contribution in [0.15, 0.2) is 44.1 Å². The van der Waals surface area contributed by atoms with Crippen molar-refractivity contribution in [2.24, 2.45) is 0 Å². The predicted octanol–water partition coefficient (Wildman–Crippen LogP) is 5.33. The Balaban J connectivity index is 1.38. The van der Waals surface area contributed by atoms with Gasteiger partial charge in [-0.1, -0.05) is 29.2 Å². The normalized spacial score (nSPS) is 10.9. The summed E-state index contributed by atoms with van der Waals surface area (Å²) < 4.78 is 0.834. The van der Waals surface area contributed by atoms with E-state index in [-0.39, 0.29) is 5.91 Å². The Kier molecular flexibility index (Phi) is 5.22. The summed E-state index contributed by atoms with van der Waals surface area (Å²) in [5.74, 6) is 0.597. The van der Waals surface area contributed by atoms with Gasteiger partial charge in [-0.25, -0.2) is 4.98 Å². The molecule has 0 saturated carbocycles. The number of anilines is 1. The van der Waals surface area contributed by atoms with Gasteiger partial charge in [0.25, 0.3) is 5.91 Å². The fourth-order valence-electron chi connectivity index (χ4n) is 1.90. The Labute approximate surface area is 163 Å². The Morgan fingerprint density at radius 1 is 1.16 bits per heavy atom. The van der Waals surface area contributed by atoms with E-state index >= 15 is 0 Å². The molecule has 0 bridgehead atoms. The van der Waals surface area contributed by atoms with Crippen LogP contribution < -0.4 is 5.32 Å². The van der Waals surface area contributed by atoms with Crippen molar-refractivity contribution >= 4 is 68.1 Å². The summed E-state index contributed by atoms with van der Waals surface area (Å²) in [7, 11) is 0. The summed E-state index contributed by atoms with van der Waals surface area (Å²) in [6.07, 6.45) is 0. The van der Waals surface area contributed by atoms with Gasteiger partial charge >= 0.3 is 0 Å². The fraction of sp³-hybridized carbons (Fsp3) is 0.0667. The molecule has 4 heterocycles. The Bertz CT molecular complexity index is 958. The van der Waals surface area contributed by atoms with Crippen LogP contribution in [0.3, 0.4) is 0 Å². The van der Waals surface area contributed by atoms with Gasteiger partial charge in [-0.05, 0) is 22.9 Å². The average molecular weight is 423 g/mol. The SMILES string of the molecule is O=C(Nc1nnc(SCc2cccs2)s1)c1csc(-c2ccsc2)n1. The van der Waals surface area contributed by atoms with Gasteiger partial charge in [0.05, 0.1) is 0 Å². The second-order valence-corrected chi connectivity index (χ2v) is 9.62. The highest BCUT2D eigenvalue weighted by Gasteiger charge is 2.15. The predicted molar refractivity (Wildman–Crippen MR) is 107 cm³/mol. The number of thiazole rings is 1. The van der Waals surface area contributed by atoms with E-state index in [2.05, 4.69) is 31.9 Å². The number of thioether (sulfide) groups is 1. The van der Waals surface area contributed by atoms with E-state index in [9.17, 15) is 4.79 Å². The van der Waals surface area contributed by atoms with E-state index in [1.807, 2.05) is 22.9 Å². The number of nitrogens with zero attached hydrogens (tertiary/aromatic N) is 3. The van der Waals surface area contributed by atoms with Crippen molar-refractivity contribution < 1.29 is 4.79 Å². The first kappa shape index (κ1) is 16.9. The van der Waals surface area contributed by atoms with E-state index in [1.165, 1.54) is 27.6 Å². The summed E-state index contributed by atoms with van der Waals surface area (Å²) in [6.45, 7) is 0. The third kappa shape index (κ3) is 4.15. The molecule has 5 nitrogen and oxygen atoms in total. The molecule has 0 aliphatic rings. The molecule has 0 saturated heterocycles. The summed E-state index contributed by atoms with van der Waals surface area (Å²) >= 11 is 7.77. The first-order valence-corrected chi connectivity index (χ1v) is 11.6. The molecule has 25 heavy (non-hydrogen) atoms. The second kappa shape index (κ2) is 7.75. The van der Waals surface area contributed by atoms with E-state index in [0.29, 0.717) is 10.8 Å². The summed E-state index contributed by atoms with van der Waals surface area (Å²) in [5.41, 5.74) is 1.44. The molecule has 0 aliphatic heterocycles. The molecule has 4 rings (SSSR count). The first-order chi connectivity index (χ1) is 12.3. The summed E-state index contributed by atoms with van der Waals surface area (Å²) in [6, 6.07) is 6.12. The number of aromatic nitrogens is 3. The molecule has 0 atom stereocenters. The maximum atomic E-state index is 12.3. The van der Waals surface area contributed by atoms with Crippen LogP contribution in [0.2, 0.25) is 0 Å². The van der Waals surface area contributed by atoms with Gasteiger partial charge in [-0.15, -0.1) is 32.9 Å². The smallest absolute Gasteiger partial charge is 0.276 e. The quantitative estimate of drug-likeness (QED) is 0.336. The standard InChI is InChI=1S/C15H10N4OS5/c20-12(11-8-23-13(16-11)9-3-5-21-6-9)17-14-18-19-15(25-14)24-7-10-2-1-4-22-10/h1-6,8H,7H2,(H,17,18,20). The third-order valence-corrected chi connectivity index (χ3v) is 7.70. The van der Waals surface area contributed by atoms with Crippen molar-refractivity contribution in [1.82, 2.24) is 15.2 Å². The molecule has 10 heteroatoms. The molecule has 1 amide bonds. The van der Waals surface area contributed by atoms with Gasteiger partial charge in [-0.3, -0.25) is 10.1 Å². The molecular formula is C15H10N4OS5. The fourth-order valence-corrected chi connectivity index (χ4v) is 5.94. The molecule has 0 unspecified atom stereocenters. The van der Waals surface area contributed by atoms with Gasteiger partial charge in [0.15, 0.2) is 4.34 Å². The Morgan fingerprint density at radius 3 is 2.92 bits per heavy atom. The van der Waals surface area contributed by atoms with Crippen LogP contribution in [-0.2, 0) is 5.75 Å². The first-order valence-electron chi connectivity index (χ1n) is 7.06. The molecule has 0 spiro atoms. The highest BCUT2D eigenvalue weighted by Crippen LogP contribution is 2.30. The molecule has 0 aromatic carbocycles. The van der Waals surface area contributed by atoms with Crippen LogP contribution in [0.4, 0.5) is 5.13 Å². The van der Waals surface area contributed by atoms with E-state index < -0.39 is 0 Å². The van der Waals surface area contributed by atoms with Crippen molar-refractivity contribution in [3.05, 3.63) is 50.3 Å². The molecule has 0 radical (unpaired) electrons. The summed E-state index contributed by atoms with van der Waals surface area (Å²) in [4.78, 5) is 18.0. The lowest BCUT2D eigenvalue weighted by Crippen LogP contribution is -2.12. The van der Waals surface area contributed by atoms with E-state index in [1.54, 1.807) is 39.8 Å². The molecule has 1 N–H and O–H groups in total. The Hall–Kier alpha value is -1.59. The van der Waals surface area contributed by atoms with Crippen molar-refractivity contribution in [2.45, 2.75) is 10.1 Å². The summed E-state index contributed by atoms with van der Waals surface area (Å²) in [5, 5.41) is 20.1. The number of hydrogen-bond donors (Lipinski definition) is 1. The molecular weight excluding hydrogens is 413 g/mol. The average Bonchev–Trinajstić information content (AvgIpc) is 3.40. The van der Waals surface area contributed by atoms with Crippen molar-refractivity contribution in [3.8, 4) is 10.6 Å². The minimum Gasteiger partial charge on any atom is -0.295 e. The van der Waals surface area contributed by atoms with Crippen LogP contribution >= 0.6 is 57.1 Å². The monoisotopic (exact) mass is 422 g/mol. The largest absolute Gasteiger partial charge is 0.295 e. The van der Waals surface area contributed by atoms with Gasteiger partial charge < -0.3 is 0 Å². The van der Waals surface area contributed by atoms with Gasteiger partial charge in [-0.2, -0.15) is 11.3 Å². The van der Waals surface area contributed by atoms with Gasteiger partial charge in [0.2, 0.25) is 5.13 Å². The van der Waals surface area contributed by atoms with Crippen LogP contribution in [0, 0.1) is 0 Å². The molecule has 0 fully saturated rings. The highest BCUT2D eigenvalue weighted by atomic mass is 32.2. The van der Waals surface area contributed by atoms with E-state index in [0.717, 1.165) is 20.7 Å².